The van der Waals surface area contributed by atoms with Crippen molar-refractivity contribution in [1.29, 1.82) is 0 Å². The summed E-state index contributed by atoms with van der Waals surface area (Å²) >= 11 is 1.42. The van der Waals surface area contributed by atoms with Crippen LogP contribution in [0.3, 0.4) is 0 Å². The molecular weight excluding hydrogens is 360 g/mol. The number of amides is 1. The van der Waals surface area contributed by atoms with Crippen molar-refractivity contribution in [2.75, 3.05) is 31.7 Å². The molecule has 7 heteroatoms. The molecule has 140 valence electrons. The number of ether oxygens (including phenoxy) is 1. The number of benzene rings is 1. The van der Waals surface area contributed by atoms with Gasteiger partial charge in [0.05, 0.1) is 16.9 Å². The summed E-state index contributed by atoms with van der Waals surface area (Å²) in [5.74, 6) is 0.835. The Balaban J connectivity index is 1.67. The van der Waals surface area contributed by atoms with Crippen LogP contribution in [-0.4, -0.2) is 42.7 Å². The molecule has 0 unspecified atom stereocenters. The first-order chi connectivity index (χ1) is 13.2. The summed E-state index contributed by atoms with van der Waals surface area (Å²) in [6, 6.07) is 8.54. The first-order valence-corrected chi connectivity index (χ1v) is 9.83. The first kappa shape index (κ1) is 17.9. The molecule has 4 rings (SSSR count). The van der Waals surface area contributed by atoms with Crippen molar-refractivity contribution in [3.05, 3.63) is 52.2 Å². The highest BCUT2D eigenvalue weighted by atomic mass is 32.1. The molecule has 27 heavy (non-hydrogen) atoms. The molecule has 0 spiro atoms. The Bertz CT molecular complexity index is 985. The molecule has 3 heterocycles. The number of nitrogens with zero attached hydrogens (tertiary/aromatic N) is 3. The van der Waals surface area contributed by atoms with Crippen LogP contribution in [0.5, 0.6) is 0 Å². The molecule has 1 aliphatic heterocycles. The molecular formula is C20H22N4O2S. The van der Waals surface area contributed by atoms with Gasteiger partial charge in [0.25, 0.3) is 5.91 Å². The Morgan fingerprint density at radius 3 is 2.93 bits per heavy atom. The minimum absolute atomic E-state index is 0.0810. The highest BCUT2D eigenvalue weighted by Crippen LogP contribution is 2.36. The van der Waals surface area contributed by atoms with E-state index in [1.807, 2.05) is 6.92 Å². The second-order valence-corrected chi connectivity index (χ2v) is 7.62. The minimum atomic E-state index is -0.0810. The van der Waals surface area contributed by atoms with Gasteiger partial charge in [-0.3, -0.25) is 4.79 Å². The highest BCUT2D eigenvalue weighted by molar-refractivity contribution is 7.20. The Labute approximate surface area is 162 Å². The summed E-state index contributed by atoms with van der Waals surface area (Å²) in [7, 11) is 1.62. The van der Waals surface area contributed by atoms with Gasteiger partial charge in [-0.25, -0.2) is 9.97 Å². The van der Waals surface area contributed by atoms with Crippen LogP contribution in [0.25, 0.3) is 10.2 Å². The maximum atomic E-state index is 12.5. The largest absolute Gasteiger partial charge is 0.383 e. The van der Waals surface area contributed by atoms with Gasteiger partial charge < -0.3 is 15.0 Å². The molecule has 0 saturated carbocycles. The molecule has 1 aromatic carbocycles. The second-order valence-electron chi connectivity index (χ2n) is 6.62. The predicted octanol–water partition coefficient (Wildman–Crippen LogP) is 2.94. The zero-order valence-electron chi connectivity index (χ0n) is 15.5. The lowest BCUT2D eigenvalue weighted by atomic mass is 9.99. The van der Waals surface area contributed by atoms with Crippen molar-refractivity contribution < 1.29 is 9.53 Å². The number of aromatic nitrogens is 2. The van der Waals surface area contributed by atoms with E-state index in [1.54, 1.807) is 13.4 Å². The van der Waals surface area contributed by atoms with Crippen molar-refractivity contribution >= 4 is 33.3 Å². The van der Waals surface area contributed by atoms with Gasteiger partial charge in [0.1, 0.15) is 17.0 Å². The van der Waals surface area contributed by atoms with Crippen molar-refractivity contribution in [3.63, 3.8) is 0 Å². The smallest absolute Gasteiger partial charge is 0.261 e. The first-order valence-electron chi connectivity index (χ1n) is 9.02. The van der Waals surface area contributed by atoms with Crippen LogP contribution in [0.2, 0.25) is 0 Å². The molecule has 1 N–H and O–H groups in total. The van der Waals surface area contributed by atoms with E-state index in [2.05, 4.69) is 44.5 Å². The Morgan fingerprint density at radius 2 is 2.11 bits per heavy atom. The summed E-state index contributed by atoms with van der Waals surface area (Å²) in [5.41, 5.74) is 3.68. The predicted molar refractivity (Wildman–Crippen MR) is 108 cm³/mol. The Hall–Kier alpha value is -2.51. The van der Waals surface area contributed by atoms with Crippen molar-refractivity contribution in [3.8, 4) is 0 Å². The number of methoxy groups -OCH3 is 1. The average Bonchev–Trinajstić information content (AvgIpc) is 3.05. The highest BCUT2D eigenvalue weighted by Gasteiger charge is 2.24. The topological polar surface area (TPSA) is 67.3 Å². The van der Waals surface area contributed by atoms with Crippen LogP contribution in [0, 0.1) is 6.92 Å². The normalized spacial score (nSPS) is 13.6. The van der Waals surface area contributed by atoms with Crippen molar-refractivity contribution in [1.82, 2.24) is 15.3 Å². The van der Waals surface area contributed by atoms with Gasteiger partial charge in [0.2, 0.25) is 0 Å². The van der Waals surface area contributed by atoms with Gasteiger partial charge in [0.15, 0.2) is 0 Å². The number of fused-ring (bicyclic) bond motifs is 2. The maximum absolute atomic E-state index is 12.5. The standard InChI is InChI=1S/C20H22N4O2S/c1-13-16-18(24-9-7-14-5-3-4-6-15(14)11-24)22-12-23-20(16)27-17(13)19(25)21-8-10-26-2/h3-6,12H,7-11H2,1-2H3,(H,21,25). The van der Waals surface area contributed by atoms with Gasteiger partial charge in [0, 0.05) is 26.7 Å². The van der Waals surface area contributed by atoms with E-state index >= 15 is 0 Å². The molecule has 0 saturated heterocycles. The summed E-state index contributed by atoms with van der Waals surface area (Å²) < 4.78 is 5.00. The van der Waals surface area contributed by atoms with Crippen molar-refractivity contribution in [2.45, 2.75) is 19.9 Å². The van der Waals surface area contributed by atoms with Gasteiger partial charge in [-0.05, 0) is 30.0 Å². The van der Waals surface area contributed by atoms with E-state index < -0.39 is 0 Å². The average molecular weight is 382 g/mol. The third kappa shape index (κ3) is 3.40. The van der Waals surface area contributed by atoms with Gasteiger partial charge in [-0.15, -0.1) is 11.3 Å². The number of aryl methyl sites for hydroxylation is 1. The number of hydrogen-bond acceptors (Lipinski definition) is 6. The number of nitrogens with one attached hydrogen (secondary N) is 1. The molecule has 0 atom stereocenters. The van der Waals surface area contributed by atoms with Gasteiger partial charge in [-0.2, -0.15) is 0 Å². The van der Waals surface area contributed by atoms with Crippen LogP contribution in [-0.2, 0) is 17.7 Å². The fourth-order valence-electron chi connectivity index (χ4n) is 3.53. The Morgan fingerprint density at radius 1 is 1.30 bits per heavy atom. The third-order valence-electron chi connectivity index (χ3n) is 4.93. The van der Waals surface area contributed by atoms with Crippen LogP contribution >= 0.6 is 11.3 Å². The zero-order valence-corrected chi connectivity index (χ0v) is 16.3. The number of rotatable bonds is 5. The minimum Gasteiger partial charge on any atom is -0.383 e. The lowest BCUT2D eigenvalue weighted by Crippen LogP contribution is -2.31. The summed E-state index contributed by atoms with van der Waals surface area (Å²) in [5, 5.41) is 3.88. The zero-order chi connectivity index (χ0) is 18.8. The molecule has 1 aliphatic rings. The third-order valence-corrected chi connectivity index (χ3v) is 6.13. The maximum Gasteiger partial charge on any atom is 0.261 e. The molecule has 1 amide bonds. The summed E-state index contributed by atoms with van der Waals surface area (Å²) in [6.07, 6.45) is 2.59. The molecule has 2 aromatic heterocycles. The molecule has 0 bridgehead atoms. The molecule has 6 nitrogen and oxygen atoms in total. The monoisotopic (exact) mass is 382 g/mol. The number of anilines is 1. The summed E-state index contributed by atoms with van der Waals surface area (Å²) in [6.45, 7) is 4.70. The van der Waals surface area contributed by atoms with E-state index in [0.29, 0.717) is 18.0 Å². The van der Waals surface area contributed by atoms with Crippen LogP contribution in [0.1, 0.15) is 26.4 Å². The molecule has 3 aromatic rings. The number of thiophene rings is 1. The van der Waals surface area contributed by atoms with Crippen LogP contribution in [0.15, 0.2) is 30.6 Å². The van der Waals surface area contributed by atoms with E-state index in [9.17, 15) is 4.79 Å². The number of carbonyl (C=O) groups excluding carboxylic acids is 1. The van der Waals surface area contributed by atoms with E-state index in [-0.39, 0.29) is 5.91 Å². The lowest BCUT2D eigenvalue weighted by Gasteiger charge is -2.30. The molecule has 0 fully saturated rings. The number of hydrogen-bond donors (Lipinski definition) is 1. The lowest BCUT2D eigenvalue weighted by molar-refractivity contribution is 0.0940. The van der Waals surface area contributed by atoms with Crippen LogP contribution in [0.4, 0.5) is 5.82 Å². The van der Waals surface area contributed by atoms with Crippen molar-refractivity contribution in [2.24, 2.45) is 0 Å². The summed E-state index contributed by atoms with van der Waals surface area (Å²) in [4.78, 5) is 25.4. The van der Waals surface area contributed by atoms with Gasteiger partial charge >= 0.3 is 0 Å². The Kier molecular flexibility index (Phi) is 5.05. The quantitative estimate of drug-likeness (QED) is 0.687. The van der Waals surface area contributed by atoms with Gasteiger partial charge in [-0.1, -0.05) is 24.3 Å². The molecule has 0 aliphatic carbocycles. The van der Waals surface area contributed by atoms with Crippen LogP contribution < -0.4 is 10.2 Å². The number of carbonyl (C=O) groups is 1. The SMILES string of the molecule is COCCNC(=O)c1sc2ncnc(N3CCc4ccccc4C3)c2c1C. The van der Waals surface area contributed by atoms with E-state index in [4.69, 9.17) is 4.74 Å². The fourth-order valence-corrected chi connectivity index (χ4v) is 4.59. The fraction of sp³-hybridized carbons (Fsp3) is 0.350. The van der Waals surface area contributed by atoms with E-state index in [1.165, 1.54) is 22.5 Å². The second kappa shape index (κ2) is 7.62. The molecule has 0 radical (unpaired) electrons. The van der Waals surface area contributed by atoms with E-state index in [0.717, 1.165) is 41.1 Å².